The number of oxazole rings is 1. The van der Waals surface area contributed by atoms with Crippen molar-refractivity contribution in [2.45, 2.75) is 6.92 Å². The Morgan fingerprint density at radius 3 is 2.95 bits per heavy atom. The molecule has 0 bridgehead atoms. The van der Waals surface area contributed by atoms with Crippen molar-refractivity contribution in [1.82, 2.24) is 15.0 Å². The molecule has 1 N–H and O–H groups in total. The number of rotatable bonds is 2. The maximum atomic E-state index is 11.0. The number of hydrogen-bond acceptors (Lipinski definition) is 5. The number of carbonyl (C=O) groups excluding carboxylic acids is 1. The fraction of sp³-hybridized carbons (Fsp3) is 0.0769. The number of hydrogen-bond donors (Lipinski definition) is 1. The molecule has 3 aromatic heterocycles. The van der Waals surface area contributed by atoms with Crippen LogP contribution in [0.3, 0.4) is 0 Å². The quantitative estimate of drug-likeness (QED) is 0.758. The topological polar surface area (TPSA) is 80.9 Å². The van der Waals surface area contributed by atoms with Gasteiger partial charge < -0.3 is 9.73 Å². The van der Waals surface area contributed by atoms with Gasteiger partial charge in [0.2, 0.25) is 11.8 Å². The summed E-state index contributed by atoms with van der Waals surface area (Å²) in [5.74, 6) is 0.729. The van der Waals surface area contributed by atoms with Crippen LogP contribution >= 0.6 is 0 Å². The standard InChI is InChI=1S/C13H10N4O2/c1-8(18)16-11-7-9(4-6-14-11)13-17-12-10(19-13)3-2-5-15-12/h2-7H,1H3,(H,14,16,18). The highest BCUT2D eigenvalue weighted by Gasteiger charge is 2.09. The first kappa shape index (κ1) is 11.3. The molecule has 3 heterocycles. The lowest BCUT2D eigenvalue weighted by molar-refractivity contribution is -0.114. The summed E-state index contributed by atoms with van der Waals surface area (Å²) in [6.07, 6.45) is 3.24. The highest BCUT2D eigenvalue weighted by atomic mass is 16.3. The van der Waals surface area contributed by atoms with Crippen molar-refractivity contribution in [2.75, 3.05) is 5.32 Å². The Labute approximate surface area is 108 Å². The first-order valence-electron chi connectivity index (χ1n) is 5.68. The molecule has 0 spiro atoms. The average molecular weight is 254 g/mol. The first-order chi connectivity index (χ1) is 9.22. The van der Waals surface area contributed by atoms with Crippen molar-refractivity contribution in [1.29, 1.82) is 0 Å². The SMILES string of the molecule is CC(=O)Nc1cc(-c2nc3ncccc3o2)ccn1. The third-order valence-electron chi connectivity index (χ3n) is 2.48. The van der Waals surface area contributed by atoms with Gasteiger partial charge in [-0.1, -0.05) is 0 Å². The minimum absolute atomic E-state index is 0.177. The molecule has 0 saturated heterocycles. The van der Waals surface area contributed by atoms with E-state index in [4.69, 9.17) is 4.42 Å². The molecule has 0 aromatic carbocycles. The van der Waals surface area contributed by atoms with Crippen molar-refractivity contribution in [3.63, 3.8) is 0 Å². The predicted molar refractivity (Wildman–Crippen MR) is 69.3 cm³/mol. The van der Waals surface area contributed by atoms with Crippen molar-refractivity contribution >= 4 is 23.0 Å². The number of pyridine rings is 2. The van der Waals surface area contributed by atoms with Gasteiger partial charge in [0, 0.05) is 24.9 Å². The fourth-order valence-corrected chi connectivity index (χ4v) is 1.70. The number of nitrogens with zero attached hydrogens (tertiary/aromatic N) is 3. The van der Waals surface area contributed by atoms with E-state index in [0.29, 0.717) is 22.9 Å². The lowest BCUT2D eigenvalue weighted by atomic mass is 10.2. The van der Waals surface area contributed by atoms with E-state index in [1.807, 2.05) is 0 Å². The van der Waals surface area contributed by atoms with E-state index in [-0.39, 0.29) is 5.91 Å². The van der Waals surface area contributed by atoms with Crippen molar-refractivity contribution in [3.8, 4) is 11.5 Å². The summed E-state index contributed by atoms with van der Waals surface area (Å²) in [6, 6.07) is 7.05. The number of amides is 1. The molecule has 19 heavy (non-hydrogen) atoms. The van der Waals surface area contributed by atoms with Gasteiger partial charge in [-0.25, -0.2) is 9.97 Å². The Kier molecular flexibility index (Phi) is 2.68. The minimum Gasteiger partial charge on any atom is -0.434 e. The zero-order valence-corrected chi connectivity index (χ0v) is 10.1. The number of fused-ring (bicyclic) bond motifs is 1. The summed E-state index contributed by atoms with van der Waals surface area (Å²) < 4.78 is 5.60. The van der Waals surface area contributed by atoms with Gasteiger partial charge in [0.25, 0.3) is 0 Å². The Hall–Kier alpha value is -2.76. The first-order valence-corrected chi connectivity index (χ1v) is 5.68. The molecule has 3 rings (SSSR count). The molecule has 0 saturated carbocycles. The van der Waals surface area contributed by atoms with Gasteiger partial charge in [0.1, 0.15) is 5.82 Å². The maximum absolute atomic E-state index is 11.0. The molecule has 0 radical (unpaired) electrons. The van der Waals surface area contributed by atoms with Crippen LogP contribution < -0.4 is 5.32 Å². The van der Waals surface area contributed by atoms with Gasteiger partial charge in [-0.2, -0.15) is 4.98 Å². The summed E-state index contributed by atoms with van der Waals surface area (Å²) in [7, 11) is 0. The third-order valence-corrected chi connectivity index (χ3v) is 2.48. The molecular formula is C13H10N4O2. The molecule has 0 fully saturated rings. The Morgan fingerprint density at radius 1 is 1.26 bits per heavy atom. The molecule has 6 nitrogen and oxygen atoms in total. The maximum Gasteiger partial charge on any atom is 0.229 e. The van der Waals surface area contributed by atoms with E-state index in [9.17, 15) is 4.79 Å². The van der Waals surface area contributed by atoms with Crippen LogP contribution in [0, 0.1) is 0 Å². The van der Waals surface area contributed by atoms with Crippen LogP contribution in [0.15, 0.2) is 41.1 Å². The lowest BCUT2D eigenvalue weighted by Gasteiger charge is -2.01. The molecular weight excluding hydrogens is 244 g/mol. The molecule has 3 aromatic rings. The molecule has 94 valence electrons. The molecule has 6 heteroatoms. The Bertz CT molecular complexity index is 718. The predicted octanol–water partition coefficient (Wildman–Crippen LogP) is 2.24. The third kappa shape index (κ3) is 2.28. The van der Waals surface area contributed by atoms with Crippen LogP contribution in [0.4, 0.5) is 5.82 Å². The molecule has 0 unspecified atom stereocenters. The second kappa shape index (κ2) is 4.49. The van der Waals surface area contributed by atoms with E-state index in [0.717, 1.165) is 5.56 Å². The Morgan fingerprint density at radius 2 is 2.16 bits per heavy atom. The molecule has 0 atom stereocenters. The normalized spacial score (nSPS) is 10.6. The zero-order valence-electron chi connectivity index (χ0n) is 10.1. The van der Waals surface area contributed by atoms with Gasteiger partial charge >= 0.3 is 0 Å². The molecule has 0 aliphatic carbocycles. The van der Waals surface area contributed by atoms with Crippen molar-refractivity contribution in [2.24, 2.45) is 0 Å². The van der Waals surface area contributed by atoms with Crippen LogP contribution in [0.1, 0.15) is 6.92 Å². The lowest BCUT2D eigenvalue weighted by Crippen LogP contribution is -2.07. The highest BCUT2D eigenvalue weighted by Crippen LogP contribution is 2.24. The van der Waals surface area contributed by atoms with E-state index in [1.54, 1.807) is 36.7 Å². The molecule has 0 aliphatic rings. The second-order valence-corrected chi connectivity index (χ2v) is 3.96. The van der Waals surface area contributed by atoms with Crippen molar-refractivity contribution in [3.05, 3.63) is 36.7 Å². The second-order valence-electron chi connectivity index (χ2n) is 3.96. The van der Waals surface area contributed by atoms with Gasteiger partial charge in [0.15, 0.2) is 11.2 Å². The van der Waals surface area contributed by atoms with Crippen LogP contribution in [0.25, 0.3) is 22.7 Å². The molecule has 1 amide bonds. The number of nitrogens with one attached hydrogen (secondary N) is 1. The summed E-state index contributed by atoms with van der Waals surface area (Å²) >= 11 is 0. The number of anilines is 1. The number of aromatic nitrogens is 3. The highest BCUT2D eigenvalue weighted by molar-refractivity contribution is 5.88. The van der Waals surface area contributed by atoms with E-state index < -0.39 is 0 Å². The fourth-order valence-electron chi connectivity index (χ4n) is 1.70. The van der Waals surface area contributed by atoms with Gasteiger partial charge in [-0.3, -0.25) is 4.79 Å². The van der Waals surface area contributed by atoms with Crippen LogP contribution in [-0.2, 0) is 4.79 Å². The summed E-state index contributed by atoms with van der Waals surface area (Å²) in [6.45, 7) is 1.43. The summed E-state index contributed by atoms with van der Waals surface area (Å²) in [5.41, 5.74) is 1.91. The molecule has 0 aliphatic heterocycles. The largest absolute Gasteiger partial charge is 0.434 e. The average Bonchev–Trinajstić information content (AvgIpc) is 2.82. The zero-order chi connectivity index (χ0) is 13.2. The summed E-state index contributed by atoms with van der Waals surface area (Å²) in [5, 5.41) is 2.61. The monoisotopic (exact) mass is 254 g/mol. The number of carbonyl (C=O) groups is 1. The van der Waals surface area contributed by atoms with Crippen LogP contribution in [0.2, 0.25) is 0 Å². The van der Waals surface area contributed by atoms with Crippen LogP contribution in [-0.4, -0.2) is 20.9 Å². The van der Waals surface area contributed by atoms with Gasteiger partial charge in [-0.15, -0.1) is 0 Å². The van der Waals surface area contributed by atoms with Crippen molar-refractivity contribution < 1.29 is 9.21 Å². The Balaban J connectivity index is 2.03. The van der Waals surface area contributed by atoms with Gasteiger partial charge in [0.05, 0.1) is 0 Å². The van der Waals surface area contributed by atoms with Crippen LogP contribution in [0.5, 0.6) is 0 Å². The van der Waals surface area contributed by atoms with Gasteiger partial charge in [-0.05, 0) is 24.3 Å². The summed E-state index contributed by atoms with van der Waals surface area (Å²) in [4.78, 5) is 23.4. The van der Waals surface area contributed by atoms with E-state index in [1.165, 1.54) is 6.92 Å². The minimum atomic E-state index is -0.177. The van der Waals surface area contributed by atoms with E-state index >= 15 is 0 Å². The smallest absolute Gasteiger partial charge is 0.229 e. The van der Waals surface area contributed by atoms with E-state index in [2.05, 4.69) is 20.3 Å².